The number of benzene rings is 3. The Hall–Kier alpha value is -3.73. The second kappa shape index (κ2) is 9.62. The molecule has 3 aromatic carbocycles. The molecule has 194 valence electrons. The highest BCUT2D eigenvalue weighted by Crippen LogP contribution is 2.46. The average molecular weight is 545 g/mol. The summed E-state index contributed by atoms with van der Waals surface area (Å²) in [5, 5.41) is 15.0. The number of halogens is 8. The standard InChI is InChI=1S/C25H16ClF7N2O2/c1-35-23(25(31,32)33)21(14-4-9-19(27)18(10-14)24(28,29)30)22(34-35)17-8-7-16(11-20(17)36)37-12-13-2-5-15(26)6-3-13/h2-11,36H,12H2,1H3. The molecule has 0 atom stereocenters. The molecule has 0 amide bonds. The van der Waals surface area contributed by atoms with Gasteiger partial charge in [-0.2, -0.15) is 31.4 Å². The third-order valence-corrected chi connectivity index (χ3v) is 5.67. The van der Waals surface area contributed by atoms with Crippen molar-refractivity contribution in [2.24, 2.45) is 7.05 Å². The van der Waals surface area contributed by atoms with Gasteiger partial charge in [0.2, 0.25) is 0 Å². The number of aromatic hydroxyl groups is 1. The van der Waals surface area contributed by atoms with Crippen LogP contribution in [0.2, 0.25) is 5.02 Å². The largest absolute Gasteiger partial charge is 0.507 e. The summed E-state index contributed by atoms with van der Waals surface area (Å²) in [6, 6.07) is 12.0. The van der Waals surface area contributed by atoms with Crippen molar-refractivity contribution < 1.29 is 40.6 Å². The first-order valence-corrected chi connectivity index (χ1v) is 10.9. The fraction of sp³-hybridized carbons (Fsp3) is 0.160. The summed E-state index contributed by atoms with van der Waals surface area (Å²) in [7, 11) is 0.963. The number of phenolic OH excluding ortho intramolecular Hbond substituents is 1. The van der Waals surface area contributed by atoms with E-state index in [4.69, 9.17) is 16.3 Å². The van der Waals surface area contributed by atoms with Crippen molar-refractivity contribution in [3.63, 3.8) is 0 Å². The zero-order valence-corrected chi connectivity index (χ0v) is 19.5. The van der Waals surface area contributed by atoms with Gasteiger partial charge in [0, 0.05) is 29.3 Å². The van der Waals surface area contributed by atoms with E-state index in [1.807, 2.05) is 0 Å². The number of aryl methyl sites for hydroxylation is 1. The molecular weight excluding hydrogens is 529 g/mol. The van der Waals surface area contributed by atoms with Crippen LogP contribution in [0.5, 0.6) is 11.5 Å². The van der Waals surface area contributed by atoms with Crippen LogP contribution in [-0.2, 0) is 26.0 Å². The van der Waals surface area contributed by atoms with Crippen LogP contribution < -0.4 is 4.74 Å². The van der Waals surface area contributed by atoms with Gasteiger partial charge in [-0.1, -0.05) is 29.8 Å². The molecule has 0 aliphatic carbocycles. The molecule has 0 saturated carbocycles. The molecule has 0 fully saturated rings. The molecule has 12 heteroatoms. The number of aromatic nitrogens is 2. The van der Waals surface area contributed by atoms with E-state index in [0.29, 0.717) is 15.8 Å². The minimum absolute atomic E-state index is 0.0960. The van der Waals surface area contributed by atoms with Crippen molar-refractivity contribution in [1.29, 1.82) is 0 Å². The molecule has 0 aliphatic rings. The Labute approximate surface area is 210 Å². The number of hydrogen-bond acceptors (Lipinski definition) is 3. The van der Waals surface area contributed by atoms with E-state index in [0.717, 1.165) is 24.7 Å². The number of hydrogen-bond donors (Lipinski definition) is 1. The molecule has 0 bridgehead atoms. The van der Waals surface area contributed by atoms with Crippen molar-refractivity contribution in [3.05, 3.63) is 88.3 Å². The number of nitrogens with zero attached hydrogens (tertiary/aromatic N) is 2. The van der Waals surface area contributed by atoms with Gasteiger partial charge in [-0.15, -0.1) is 0 Å². The fourth-order valence-electron chi connectivity index (χ4n) is 3.76. The molecular formula is C25H16ClF7N2O2. The summed E-state index contributed by atoms with van der Waals surface area (Å²) in [6.07, 6.45) is -10.2. The summed E-state index contributed by atoms with van der Waals surface area (Å²) >= 11 is 5.84. The summed E-state index contributed by atoms with van der Waals surface area (Å²) < 4.78 is 102. The topological polar surface area (TPSA) is 47.3 Å². The SMILES string of the molecule is Cn1nc(-c2ccc(OCc3ccc(Cl)cc3)cc2O)c(-c2ccc(F)c(C(F)(F)F)c2)c1C(F)(F)F. The molecule has 37 heavy (non-hydrogen) atoms. The predicted molar refractivity (Wildman–Crippen MR) is 121 cm³/mol. The number of phenols is 1. The van der Waals surface area contributed by atoms with Crippen LogP contribution in [0, 0.1) is 5.82 Å². The van der Waals surface area contributed by atoms with Gasteiger partial charge in [-0.05, 0) is 47.5 Å². The first kappa shape index (κ1) is 26.3. The highest BCUT2D eigenvalue weighted by molar-refractivity contribution is 6.30. The second-order valence-electron chi connectivity index (χ2n) is 7.98. The van der Waals surface area contributed by atoms with Crippen molar-refractivity contribution in [3.8, 4) is 33.9 Å². The lowest BCUT2D eigenvalue weighted by atomic mass is 9.96. The minimum atomic E-state index is -5.15. The number of ether oxygens (including phenoxy) is 1. The fourth-order valence-corrected chi connectivity index (χ4v) is 3.88. The summed E-state index contributed by atoms with van der Waals surface area (Å²) in [6.45, 7) is 0.0960. The molecule has 0 unspecified atom stereocenters. The Morgan fingerprint density at radius 3 is 2.19 bits per heavy atom. The summed E-state index contributed by atoms with van der Waals surface area (Å²) in [4.78, 5) is 0. The second-order valence-corrected chi connectivity index (χ2v) is 8.42. The molecule has 4 nitrogen and oxygen atoms in total. The first-order chi connectivity index (χ1) is 17.3. The first-order valence-electron chi connectivity index (χ1n) is 10.5. The van der Waals surface area contributed by atoms with Gasteiger partial charge >= 0.3 is 12.4 Å². The summed E-state index contributed by atoms with van der Waals surface area (Å²) in [5.74, 6) is -1.99. The van der Waals surface area contributed by atoms with Gasteiger partial charge in [0.25, 0.3) is 0 Å². The highest BCUT2D eigenvalue weighted by Gasteiger charge is 2.41. The van der Waals surface area contributed by atoms with Crippen LogP contribution in [0.3, 0.4) is 0 Å². The third-order valence-electron chi connectivity index (χ3n) is 5.42. The van der Waals surface area contributed by atoms with Gasteiger partial charge in [0.1, 0.15) is 29.6 Å². The van der Waals surface area contributed by atoms with Crippen LogP contribution in [0.4, 0.5) is 30.7 Å². The smallest absolute Gasteiger partial charge is 0.433 e. The maximum atomic E-state index is 13.9. The van der Waals surface area contributed by atoms with Crippen molar-refractivity contribution >= 4 is 11.6 Å². The zero-order chi connectivity index (χ0) is 27.1. The van der Waals surface area contributed by atoms with E-state index in [9.17, 15) is 35.8 Å². The van der Waals surface area contributed by atoms with E-state index in [-0.39, 0.29) is 24.0 Å². The summed E-state index contributed by atoms with van der Waals surface area (Å²) in [5.41, 5.74) is -4.31. The predicted octanol–water partition coefficient (Wildman–Crippen LogP) is 7.87. The van der Waals surface area contributed by atoms with E-state index in [1.165, 1.54) is 12.1 Å². The van der Waals surface area contributed by atoms with Crippen LogP contribution in [0.25, 0.3) is 22.4 Å². The van der Waals surface area contributed by atoms with Crippen LogP contribution >= 0.6 is 11.6 Å². The Morgan fingerprint density at radius 2 is 1.59 bits per heavy atom. The maximum Gasteiger partial charge on any atom is 0.433 e. The normalized spacial score (nSPS) is 12.1. The van der Waals surface area contributed by atoms with E-state index in [1.54, 1.807) is 24.3 Å². The molecule has 0 spiro atoms. The highest BCUT2D eigenvalue weighted by atomic mass is 35.5. The van der Waals surface area contributed by atoms with Gasteiger partial charge in [0.05, 0.1) is 5.56 Å². The molecule has 0 radical (unpaired) electrons. The Morgan fingerprint density at radius 1 is 0.919 bits per heavy atom. The van der Waals surface area contributed by atoms with Gasteiger partial charge in [0.15, 0.2) is 5.69 Å². The maximum absolute atomic E-state index is 13.9. The Balaban J connectivity index is 1.79. The molecule has 1 N–H and O–H groups in total. The van der Waals surface area contributed by atoms with Crippen LogP contribution in [0.15, 0.2) is 60.7 Å². The Kier molecular flexibility index (Phi) is 6.85. The van der Waals surface area contributed by atoms with Crippen molar-refractivity contribution in [1.82, 2.24) is 9.78 Å². The van der Waals surface area contributed by atoms with Gasteiger partial charge in [-0.25, -0.2) is 4.39 Å². The van der Waals surface area contributed by atoms with Gasteiger partial charge in [-0.3, -0.25) is 4.68 Å². The van der Waals surface area contributed by atoms with E-state index >= 15 is 0 Å². The monoisotopic (exact) mass is 544 g/mol. The molecule has 0 saturated heterocycles. The lowest BCUT2D eigenvalue weighted by Gasteiger charge is -2.14. The molecule has 0 aliphatic heterocycles. The zero-order valence-electron chi connectivity index (χ0n) is 18.8. The van der Waals surface area contributed by atoms with Crippen LogP contribution in [0.1, 0.15) is 16.8 Å². The molecule has 1 aromatic heterocycles. The number of alkyl halides is 6. The Bertz CT molecular complexity index is 1450. The average Bonchev–Trinajstić information content (AvgIpc) is 3.15. The number of rotatable bonds is 5. The third kappa shape index (κ3) is 5.51. The van der Waals surface area contributed by atoms with E-state index < -0.39 is 52.0 Å². The van der Waals surface area contributed by atoms with Crippen molar-refractivity contribution in [2.45, 2.75) is 19.0 Å². The minimum Gasteiger partial charge on any atom is -0.507 e. The lowest BCUT2D eigenvalue weighted by Crippen LogP contribution is -2.13. The molecule has 4 aromatic rings. The van der Waals surface area contributed by atoms with Gasteiger partial charge < -0.3 is 9.84 Å². The molecule has 1 heterocycles. The van der Waals surface area contributed by atoms with Crippen molar-refractivity contribution in [2.75, 3.05) is 0 Å². The quantitative estimate of drug-likeness (QED) is 0.260. The van der Waals surface area contributed by atoms with Crippen LogP contribution in [-0.4, -0.2) is 14.9 Å². The van der Waals surface area contributed by atoms with E-state index in [2.05, 4.69) is 5.10 Å². The lowest BCUT2D eigenvalue weighted by molar-refractivity contribution is -0.143. The molecule has 4 rings (SSSR count).